The predicted octanol–water partition coefficient (Wildman–Crippen LogP) is 3.91. The molecule has 1 aliphatic carbocycles. The van der Waals surface area contributed by atoms with E-state index < -0.39 is 18.2 Å². The summed E-state index contributed by atoms with van der Waals surface area (Å²) in [4.78, 5) is 35.8. The lowest BCUT2D eigenvalue weighted by Gasteiger charge is -2.39. The van der Waals surface area contributed by atoms with Crippen LogP contribution in [0.15, 0.2) is 24.3 Å². The fraction of sp³-hybridized carbons (Fsp3) is 0.696. The number of hydrogen-bond acceptors (Lipinski definition) is 8. The van der Waals surface area contributed by atoms with Gasteiger partial charge in [-0.05, 0) is 49.5 Å². The Bertz CT molecular complexity index is 724. The zero-order valence-electron chi connectivity index (χ0n) is 19.6. The van der Waals surface area contributed by atoms with Gasteiger partial charge < -0.3 is 24.8 Å². The number of carbonyl (C=O) groups excluding carboxylic acids is 3. The average Bonchev–Trinajstić information content (AvgIpc) is 2.70. The van der Waals surface area contributed by atoms with E-state index in [0.717, 1.165) is 35.0 Å². The Labute approximate surface area is 205 Å². The zero-order chi connectivity index (χ0) is 24.3. The fourth-order valence-electron chi connectivity index (χ4n) is 3.89. The largest absolute Gasteiger partial charge is 0.459 e. The first kappa shape index (κ1) is 27.4. The predicted molar refractivity (Wildman–Crippen MR) is 133 cm³/mol. The van der Waals surface area contributed by atoms with Crippen LogP contribution in [0.5, 0.6) is 0 Å². The van der Waals surface area contributed by atoms with Crippen LogP contribution < -0.4 is 10.6 Å². The molecule has 0 aromatic carbocycles. The molecule has 33 heavy (non-hydrogen) atoms. The maximum Gasteiger partial charge on any atom is 0.407 e. The van der Waals surface area contributed by atoms with Crippen molar-refractivity contribution in [3.63, 3.8) is 0 Å². The first-order chi connectivity index (χ1) is 15.7. The van der Waals surface area contributed by atoms with Crippen LogP contribution >= 0.6 is 23.5 Å². The molecule has 0 radical (unpaired) electrons. The van der Waals surface area contributed by atoms with Crippen molar-refractivity contribution in [3.8, 4) is 0 Å². The van der Waals surface area contributed by atoms with Crippen molar-refractivity contribution in [2.24, 2.45) is 5.41 Å². The van der Waals surface area contributed by atoms with E-state index >= 15 is 0 Å². The van der Waals surface area contributed by atoms with Crippen LogP contribution in [-0.2, 0) is 19.0 Å². The highest BCUT2D eigenvalue weighted by Crippen LogP contribution is 2.38. The van der Waals surface area contributed by atoms with Gasteiger partial charge in [0.1, 0.15) is 19.3 Å². The molecule has 2 fully saturated rings. The van der Waals surface area contributed by atoms with E-state index in [0.29, 0.717) is 25.0 Å². The van der Waals surface area contributed by atoms with Crippen LogP contribution in [0.2, 0.25) is 0 Å². The fourth-order valence-corrected chi connectivity index (χ4v) is 6.15. The summed E-state index contributed by atoms with van der Waals surface area (Å²) in [5.41, 5.74) is 1.04. The molecular formula is C23H36N2O6S2. The molecule has 0 spiro atoms. The zero-order valence-corrected chi connectivity index (χ0v) is 21.2. The lowest BCUT2D eigenvalue weighted by molar-refractivity contribution is -0.139. The minimum atomic E-state index is -0.574. The Morgan fingerprint density at radius 1 is 1.12 bits per heavy atom. The van der Waals surface area contributed by atoms with Gasteiger partial charge in [0.25, 0.3) is 0 Å². The molecule has 2 amide bonds. The van der Waals surface area contributed by atoms with Crippen LogP contribution in [-0.4, -0.2) is 73.1 Å². The summed E-state index contributed by atoms with van der Waals surface area (Å²) < 4.78 is 15.6. The summed E-state index contributed by atoms with van der Waals surface area (Å²) in [7, 11) is 0. The number of amides is 2. The van der Waals surface area contributed by atoms with Crippen LogP contribution in [0.1, 0.15) is 39.5 Å². The molecule has 2 aliphatic rings. The van der Waals surface area contributed by atoms with Crippen molar-refractivity contribution < 1.29 is 28.6 Å². The highest BCUT2D eigenvalue weighted by atomic mass is 32.2. The number of hydrogen-bond donors (Lipinski definition) is 2. The van der Waals surface area contributed by atoms with Crippen molar-refractivity contribution in [2.45, 2.75) is 51.7 Å². The molecule has 2 atom stereocenters. The van der Waals surface area contributed by atoms with Gasteiger partial charge in [0, 0.05) is 29.7 Å². The number of rotatable bonds is 8. The van der Waals surface area contributed by atoms with Gasteiger partial charge in [-0.1, -0.05) is 25.7 Å². The third kappa shape index (κ3) is 10.8. The standard InChI is InChI=1S/C23H36N2O6S2/c1-16(2)20(26)29-6-7-30-22(28)25-18-10-17(3)11-23(4,12-18)15-24-21(27)31-19-13-32-8-5-9-33-14-19/h18-19H,1,3,5-15H2,2,4H3,(H,24,27)(H,25,28). The van der Waals surface area contributed by atoms with E-state index in [2.05, 4.69) is 30.7 Å². The normalized spacial score (nSPS) is 24.1. The van der Waals surface area contributed by atoms with E-state index in [1.165, 1.54) is 6.42 Å². The van der Waals surface area contributed by atoms with Gasteiger partial charge >= 0.3 is 18.2 Å². The maximum atomic E-state index is 12.4. The monoisotopic (exact) mass is 500 g/mol. The van der Waals surface area contributed by atoms with Crippen LogP contribution in [0.25, 0.3) is 0 Å². The third-order valence-corrected chi connectivity index (χ3v) is 7.66. The Balaban J connectivity index is 1.74. The molecule has 1 saturated carbocycles. The van der Waals surface area contributed by atoms with Crippen LogP contribution in [0, 0.1) is 5.41 Å². The molecule has 0 bridgehead atoms. The summed E-state index contributed by atoms with van der Waals surface area (Å²) in [6.07, 6.45) is 2.22. The second kappa shape index (κ2) is 13.8. The van der Waals surface area contributed by atoms with E-state index in [1.54, 1.807) is 6.92 Å². The summed E-state index contributed by atoms with van der Waals surface area (Å²) >= 11 is 3.66. The Hall–Kier alpha value is -1.81. The van der Waals surface area contributed by atoms with Gasteiger partial charge in [-0.25, -0.2) is 14.4 Å². The quantitative estimate of drug-likeness (QED) is 0.170. The second-order valence-corrected chi connectivity index (χ2v) is 11.2. The summed E-state index contributed by atoms with van der Waals surface area (Å²) in [6.45, 7) is 11.6. The SMILES string of the molecule is C=C1CC(NC(=O)OCCOC(=O)C(=C)C)CC(C)(CNC(=O)OC2CSCCCSC2)C1. The Morgan fingerprint density at radius 3 is 2.45 bits per heavy atom. The van der Waals surface area contributed by atoms with Gasteiger partial charge in [0.05, 0.1) is 0 Å². The lowest BCUT2D eigenvalue weighted by atomic mass is 9.71. The Kier molecular flexibility index (Phi) is 11.5. The van der Waals surface area contributed by atoms with Gasteiger partial charge in [-0.15, -0.1) is 0 Å². The second-order valence-electron chi connectivity index (χ2n) is 8.92. The number of ether oxygens (including phenoxy) is 3. The number of alkyl carbamates (subject to hydrolysis) is 2. The van der Waals surface area contributed by atoms with Gasteiger partial charge in [0.15, 0.2) is 0 Å². The van der Waals surface area contributed by atoms with Crippen molar-refractivity contribution in [1.29, 1.82) is 0 Å². The summed E-state index contributed by atoms with van der Waals surface area (Å²) in [5.74, 6) is 3.34. The number of esters is 1. The molecule has 10 heteroatoms. The highest BCUT2D eigenvalue weighted by molar-refractivity contribution is 8.00. The molecule has 1 aliphatic heterocycles. The smallest absolute Gasteiger partial charge is 0.407 e. The topological polar surface area (TPSA) is 103 Å². The third-order valence-electron chi connectivity index (χ3n) is 5.29. The lowest BCUT2D eigenvalue weighted by Crippen LogP contribution is -2.47. The van der Waals surface area contributed by atoms with E-state index in [1.807, 2.05) is 23.5 Å². The molecule has 0 aromatic heterocycles. The van der Waals surface area contributed by atoms with E-state index in [4.69, 9.17) is 14.2 Å². The molecule has 186 valence electrons. The van der Waals surface area contributed by atoms with E-state index in [-0.39, 0.29) is 30.8 Å². The first-order valence-electron chi connectivity index (χ1n) is 11.2. The van der Waals surface area contributed by atoms with Gasteiger partial charge in [-0.3, -0.25) is 0 Å². The van der Waals surface area contributed by atoms with E-state index in [9.17, 15) is 14.4 Å². The molecule has 2 rings (SSSR count). The maximum absolute atomic E-state index is 12.4. The molecule has 2 N–H and O–H groups in total. The molecule has 0 aromatic rings. The van der Waals surface area contributed by atoms with Crippen molar-refractivity contribution in [2.75, 3.05) is 42.8 Å². The van der Waals surface area contributed by atoms with Crippen LogP contribution in [0.3, 0.4) is 0 Å². The van der Waals surface area contributed by atoms with Gasteiger partial charge in [0.2, 0.25) is 0 Å². The molecular weight excluding hydrogens is 464 g/mol. The van der Waals surface area contributed by atoms with Gasteiger partial charge in [-0.2, -0.15) is 23.5 Å². The van der Waals surface area contributed by atoms with Crippen molar-refractivity contribution in [1.82, 2.24) is 10.6 Å². The Morgan fingerprint density at radius 2 is 1.79 bits per heavy atom. The minimum Gasteiger partial charge on any atom is -0.459 e. The van der Waals surface area contributed by atoms with Crippen LogP contribution in [0.4, 0.5) is 9.59 Å². The summed E-state index contributed by atoms with van der Waals surface area (Å²) in [5, 5.41) is 5.76. The average molecular weight is 501 g/mol. The van der Waals surface area contributed by atoms with Crippen molar-refractivity contribution >= 4 is 41.7 Å². The molecule has 8 nitrogen and oxygen atoms in total. The number of nitrogens with one attached hydrogen (secondary N) is 2. The first-order valence-corrected chi connectivity index (χ1v) is 13.5. The van der Waals surface area contributed by atoms with Crippen molar-refractivity contribution in [3.05, 3.63) is 24.3 Å². The number of thioether (sulfide) groups is 2. The highest BCUT2D eigenvalue weighted by Gasteiger charge is 2.35. The summed E-state index contributed by atoms with van der Waals surface area (Å²) in [6, 6.07) is -0.155. The molecule has 1 saturated heterocycles. The number of carbonyl (C=O) groups is 3. The minimum absolute atomic E-state index is 0.0295. The molecule has 2 unspecified atom stereocenters. The molecule has 1 heterocycles.